The average molecular weight is 297 g/mol. The Kier molecular flexibility index (Phi) is 3.37. The number of nitrogens with zero attached hydrogens (tertiary/aromatic N) is 1. The summed E-state index contributed by atoms with van der Waals surface area (Å²) in [6.07, 6.45) is 0. The van der Waals surface area contributed by atoms with Gasteiger partial charge in [0, 0.05) is 11.3 Å². The van der Waals surface area contributed by atoms with Gasteiger partial charge in [-0.15, -0.1) is 11.3 Å². The van der Waals surface area contributed by atoms with E-state index in [4.69, 9.17) is 5.73 Å². The number of amides is 2. The van der Waals surface area contributed by atoms with Crippen molar-refractivity contribution in [2.24, 2.45) is 5.73 Å². The molecular weight excluding hydrogens is 286 g/mol. The fraction of sp³-hybridized carbons (Fsp3) is 0. The number of fused-ring (bicyclic) bond motifs is 1. The summed E-state index contributed by atoms with van der Waals surface area (Å²) in [7, 11) is 0. The lowest BCUT2D eigenvalue weighted by Crippen LogP contribution is -2.13. The van der Waals surface area contributed by atoms with Crippen molar-refractivity contribution in [3.63, 3.8) is 0 Å². The molecule has 1 heterocycles. The highest BCUT2D eigenvalue weighted by Crippen LogP contribution is 2.22. The van der Waals surface area contributed by atoms with Gasteiger partial charge in [0.25, 0.3) is 5.91 Å². The third kappa shape index (κ3) is 2.75. The van der Waals surface area contributed by atoms with Crippen molar-refractivity contribution in [1.82, 2.24) is 4.98 Å². The number of hydrogen-bond donors (Lipinski definition) is 2. The highest BCUT2D eigenvalue weighted by atomic mass is 32.1. The molecule has 0 radical (unpaired) electrons. The summed E-state index contributed by atoms with van der Waals surface area (Å²) < 4.78 is 0.965. The van der Waals surface area contributed by atoms with Crippen molar-refractivity contribution in [3.8, 4) is 0 Å². The number of aromatic nitrogens is 1. The number of carbonyl (C=O) groups is 2. The fourth-order valence-electron chi connectivity index (χ4n) is 1.87. The lowest BCUT2D eigenvalue weighted by molar-refractivity contribution is 0.0998. The first-order chi connectivity index (χ1) is 10.1. The van der Waals surface area contributed by atoms with E-state index in [1.807, 2.05) is 24.3 Å². The van der Waals surface area contributed by atoms with E-state index < -0.39 is 5.91 Å². The van der Waals surface area contributed by atoms with Gasteiger partial charge in [0.05, 0.1) is 10.2 Å². The molecule has 104 valence electrons. The summed E-state index contributed by atoms with van der Waals surface area (Å²) >= 11 is 1.34. The predicted molar refractivity (Wildman–Crippen MR) is 82.5 cm³/mol. The van der Waals surface area contributed by atoms with Crippen LogP contribution in [0.15, 0.2) is 48.5 Å². The summed E-state index contributed by atoms with van der Waals surface area (Å²) in [6, 6.07) is 14.0. The van der Waals surface area contributed by atoms with Crippen LogP contribution in [0.4, 0.5) is 5.69 Å². The Morgan fingerprint density at radius 1 is 1.05 bits per heavy atom. The van der Waals surface area contributed by atoms with E-state index in [1.165, 1.54) is 11.3 Å². The Hall–Kier alpha value is -2.73. The highest BCUT2D eigenvalue weighted by molar-refractivity contribution is 7.20. The van der Waals surface area contributed by atoms with Crippen LogP contribution in [-0.2, 0) is 0 Å². The monoisotopic (exact) mass is 297 g/mol. The first-order valence-corrected chi connectivity index (χ1v) is 7.02. The van der Waals surface area contributed by atoms with E-state index in [1.54, 1.807) is 24.3 Å². The molecule has 5 nitrogen and oxygen atoms in total. The molecule has 0 unspecified atom stereocenters. The summed E-state index contributed by atoms with van der Waals surface area (Å²) in [5, 5.41) is 3.14. The van der Waals surface area contributed by atoms with Gasteiger partial charge in [0.2, 0.25) is 5.91 Å². The van der Waals surface area contributed by atoms with Gasteiger partial charge in [-0.1, -0.05) is 12.1 Å². The van der Waals surface area contributed by atoms with Gasteiger partial charge in [-0.3, -0.25) is 9.59 Å². The van der Waals surface area contributed by atoms with Crippen LogP contribution in [0.3, 0.4) is 0 Å². The Balaban J connectivity index is 1.80. The predicted octanol–water partition coefficient (Wildman–Crippen LogP) is 2.65. The summed E-state index contributed by atoms with van der Waals surface area (Å²) in [6.45, 7) is 0. The molecule has 2 amide bonds. The number of anilines is 1. The van der Waals surface area contributed by atoms with Crippen LogP contribution < -0.4 is 11.1 Å². The van der Waals surface area contributed by atoms with Gasteiger partial charge in [-0.05, 0) is 36.4 Å². The van der Waals surface area contributed by atoms with Gasteiger partial charge in [0.15, 0.2) is 5.01 Å². The number of primary amides is 1. The first kappa shape index (κ1) is 13.3. The largest absolute Gasteiger partial charge is 0.366 e. The minimum atomic E-state index is -0.501. The Morgan fingerprint density at radius 3 is 2.43 bits per heavy atom. The molecule has 0 saturated carbocycles. The van der Waals surface area contributed by atoms with E-state index in [0.29, 0.717) is 16.3 Å². The molecule has 6 heteroatoms. The van der Waals surface area contributed by atoms with Gasteiger partial charge in [0.1, 0.15) is 0 Å². The number of para-hydroxylation sites is 1. The van der Waals surface area contributed by atoms with Crippen molar-refractivity contribution < 1.29 is 9.59 Å². The molecule has 1 aromatic heterocycles. The van der Waals surface area contributed by atoms with Crippen molar-refractivity contribution in [2.45, 2.75) is 0 Å². The molecule has 21 heavy (non-hydrogen) atoms. The number of benzene rings is 2. The van der Waals surface area contributed by atoms with Crippen LogP contribution >= 0.6 is 11.3 Å². The standard InChI is InChI=1S/C15H11N3O2S/c16-13(19)9-5-7-10(8-6-9)17-14(20)15-18-11-3-1-2-4-12(11)21-15/h1-8H,(H2,16,19)(H,17,20). The Bertz CT molecular complexity index is 791. The second-order valence-electron chi connectivity index (χ2n) is 4.38. The van der Waals surface area contributed by atoms with E-state index >= 15 is 0 Å². The number of carbonyl (C=O) groups excluding carboxylic acids is 2. The minimum Gasteiger partial charge on any atom is -0.366 e. The maximum Gasteiger partial charge on any atom is 0.284 e. The Morgan fingerprint density at radius 2 is 1.76 bits per heavy atom. The van der Waals surface area contributed by atoms with Crippen molar-refractivity contribution >= 4 is 39.1 Å². The van der Waals surface area contributed by atoms with Gasteiger partial charge in [-0.25, -0.2) is 4.98 Å². The molecule has 0 aliphatic rings. The quantitative estimate of drug-likeness (QED) is 0.779. The van der Waals surface area contributed by atoms with Gasteiger partial charge < -0.3 is 11.1 Å². The molecule has 3 aromatic rings. The average Bonchev–Trinajstić information content (AvgIpc) is 2.92. The van der Waals surface area contributed by atoms with Crippen LogP contribution in [0.1, 0.15) is 20.2 Å². The van der Waals surface area contributed by atoms with E-state index in [2.05, 4.69) is 10.3 Å². The van der Waals surface area contributed by atoms with Crippen LogP contribution in [0, 0.1) is 0 Å². The number of hydrogen-bond acceptors (Lipinski definition) is 4. The summed E-state index contributed by atoms with van der Waals surface area (Å²) in [5.41, 5.74) is 6.95. The van der Waals surface area contributed by atoms with Crippen molar-refractivity contribution in [3.05, 3.63) is 59.1 Å². The van der Waals surface area contributed by atoms with Crippen LogP contribution in [0.2, 0.25) is 0 Å². The van der Waals surface area contributed by atoms with Gasteiger partial charge >= 0.3 is 0 Å². The molecular formula is C15H11N3O2S. The molecule has 0 fully saturated rings. The number of nitrogens with two attached hydrogens (primary N) is 1. The van der Waals surface area contributed by atoms with Crippen LogP contribution in [0.5, 0.6) is 0 Å². The molecule has 3 N–H and O–H groups in total. The number of thiazole rings is 1. The lowest BCUT2D eigenvalue weighted by Gasteiger charge is -2.03. The zero-order valence-corrected chi connectivity index (χ0v) is 11.7. The van der Waals surface area contributed by atoms with Crippen molar-refractivity contribution in [2.75, 3.05) is 5.32 Å². The van der Waals surface area contributed by atoms with Gasteiger partial charge in [-0.2, -0.15) is 0 Å². The van der Waals surface area contributed by atoms with E-state index in [9.17, 15) is 9.59 Å². The summed E-state index contributed by atoms with van der Waals surface area (Å²) in [5.74, 6) is -0.776. The number of nitrogens with one attached hydrogen (secondary N) is 1. The van der Waals surface area contributed by atoms with E-state index in [0.717, 1.165) is 10.2 Å². The van der Waals surface area contributed by atoms with E-state index in [-0.39, 0.29) is 5.91 Å². The minimum absolute atomic E-state index is 0.275. The zero-order valence-electron chi connectivity index (χ0n) is 10.9. The normalized spacial score (nSPS) is 10.5. The third-order valence-electron chi connectivity index (χ3n) is 2.92. The number of rotatable bonds is 3. The second kappa shape index (κ2) is 5.34. The Labute approximate surface area is 124 Å². The molecule has 0 bridgehead atoms. The van der Waals surface area contributed by atoms with Crippen molar-refractivity contribution in [1.29, 1.82) is 0 Å². The highest BCUT2D eigenvalue weighted by Gasteiger charge is 2.12. The smallest absolute Gasteiger partial charge is 0.284 e. The second-order valence-corrected chi connectivity index (χ2v) is 5.41. The molecule has 0 spiro atoms. The van der Waals surface area contributed by atoms with Crippen LogP contribution in [-0.4, -0.2) is 16.8 Å². The maximum atomic E-state index is 12.1. The summed E-state index contributed by atoms with van der Waals surface area (Å²) in [4.78, 5) is 27.4. The topological polar surface area (TPSA) is 85.1 Å². The zero-order chi connectivity index (χ0) is 14.8. The fourth-order valence-corrected chi connectivity index (χ4v) is 2.73. The molecule has 0 aliphatic carbocycles. The maximum absolute atomic E-state index is 12.1. The lowest BCUT2D eigenvalue weighted by atomic mass is 10.2. The molecule has 3 rings (SSSR count). The van der Waals surface area contributed by atoms with Crippen LogP contribution in [0.25, 0.3) is 10.2 Å². The molecule has 0 aliphatic heterocycles. The molecule has 0 atom stereocenters. The SMILES string of the molecule is NC(=O)c1ccc(NC(=O)c2nc3ccccc3s2)cc1. The molecule has 2 aromatic carbocycles. The third-order valence-corrected chi connectivity index (χ3v) is 3.95. The first-order valence-electron chi connectivity index (χ1n) is 6.20. The molecule has 0 saturated heterocycles.